The summed E-state index contributed by atoms with van der Waals surface area (Å²) >= 11 is 5.73. The molecule has 296 valence electrons. The molecule has 14 nitrogen and oxygen atoms in total. The van der Waals surface area contributed by atoms with Crippen molar-refractivity contribution >= 4 is 46.4 Å². The van der Waals surface area contributed by atoms with Crippen molar-refractivity contribution in [3.63, 3.8) is 0 Å². The fourth-order valence-corrected chi connectivity index (χ4v) is 5.57. The Kier molecular flexibility index (Phi) is 5.34. The second-order valence-corrected chi connectivity index (χ2v) is 11.7. The minimum absolute atomic E-state index is 0.00230. The number of benzene rings is 2. The van der Waals surface area contributed by atoms with E-state index in [1.165, 1.54) is 17.0 Å². The molecule has 0 saturated carbocycles. The molecule has 2 atom stereocenters. The van der Waals surface area contributed by atoms with E-state index in [0.717, 1.165) is 17.6 Å². The highest BCUT2D eigenvalue weighted by molar-refractivity contribution is 6.28. The highest BCUT2D eigenvalue weighted by atomic mass is 35.5. The number of imidazole rings is 2. The van der Waals surface area contributed by atoms with E-state index < -0.39 is 132 Å². The van der Waals surface area contributed by atoms with Gasteiger partial charge in [0.15, 0.2) is 11.6 Å². The topological polar surface area (TPSA) is 145 Å². The number of anilines is 4. The summed E-state index contributed by atoms with van der Waals surface area (Å²) in [5.74, 6) is -4.88. The molecule has 6 heterocycles. The van der Waals surface area contributed by atoms with E-state index in [0.29, 0.717) is 11.8 Å². The molecule has 0 saturated heterocycles. The number of nitrogens with one attached hydrogen (secondary N) is 1. The van der Waals surface area contributed by atoms with Gasteiger partial charge in [0.1, 0.15) is 35.1 Å². The number of fused-ring (bicyclic) bond motifs is 2. The molecule has 0 radical (unpaired) electrons. The average molecular weight is 820 g/mol. The molecule has 2 aromatic carbocycles. The summed E-state index contributed by atoms with van der Waals surface area (Å²) in [6.45, 7) is -29.6. The van der Waals surface area contributed by atoms with Gasteiger partial charge in [-0.15, -0.1) is 0 Å². The predicted octanol–water partition coefficient (Wildman–Crippen LogP) is 7.48. The normalized spacial score (nSPS) is 26.6. The van der Waals surface area contributed by atoms with Gasteiger partial charge in [0.05, 0.1) is 15.1 Å². The highest BCUT2D eigenvalue weighted by Crippen LogP contribution is 2.37. The average Bonchev–Trinajstić information content (AvgIpc) is 1.09. The van der Waals surface area contributed by atoms with Crippen LogP contribution >= 0.6 is 11.6 Å². The summed E-state index contributed by atoms with van der Waals surface area (Å²) in [6, 6.07) is 4.82. The van der Waals surface area contributed by atoms with E-state index in [4.69, 9.17) is 52.7 Å². The molecule has 6 aromatic rings. The Hall–Kier alpha value is -6.15. The fraction of sp³-hybridized carbons (Fsp3) is 0.333. The molecule has 0 spiro atoms. The van der Waals surface area contributed by atoms with Crippen LogP contribution < -0.4 is 19.6 Å². The van der Waals surface area contributed by atoms with Gasteiger partial charge in [-0.1, -0.05) is 74.4 Å². The summed E-state index contributed by atoms with van der Waals surface area (Å²) in [6.07, 6.45) is 0.133. The van der Waals surface area contributed by atoms with Crippen molar-refractivity contribution in [2.24, 2.45) is 0 Å². The zero-order valence-corrected chi connectivity index (χ0v) is 29.8. The number of hydrogen-bond donors (Lipinski definition) is 1. The minimum atomic E-state index is -3.92. The molecule has 0 fully saturated rings. The Morgan fingerprint density at radius 2 is 1.33 bits per heavy atom. The van der Waals surface area contributed by atoms with E-state index >= 15 is 0 Å². The first-order chi connectivity index (χ1) is 39.3. The lowest BCUT2D eigenvalue weighted by Crippen LogP contribution is -2.55. The molecule has 15 heteroatoms. The second kappa shape index (κ2) is 17.8. The maximum absolute atomic E-state index is 13.8. The molecule has 4 aromatic heterocycles. The molecule has 1 N–H and O–H groups in total. The SMILES string of the molecule is [2H]C([2H])([2H])N1C(=O)C(C([2H])([2H])C([2H])([2H])[2H])N(C([2H])(C([2H])([2H])[2H])C([2H])([2H])[2H])c2nc(-n3ccnc3-c3ccccc3)ncc21.[2H]C([2H])([2H])N1C(=O)C(C([2H])([2H])C([2H])([2H])[2H])N(C([2H])(C([2H])([2H])[2H])C([2H])([2H])[2H])c2nc(Cl)ncc21.c1ccc(-c2ncc[nH]2)cc1. The van der Waals surface area contributed by atoms with E-state index in [9.17, 15) is 9.59 Å². The van der Waals surface area contributed by atoms with Gasteiger partial charge in [0.2, 0.25) is 23.0 Å². The summed E-state index contributed by atoms with van der Waals surface area (Å²) in [5, 5.41) is -0.704. The van der Waals surface area contributed by atoms with Crippen molar-refractivity contribution in [1.82, 2.24) is 39.5 Å². The van der Waals surface area contributed by atoms with E-state index in [1.54, 1.807) is 36.5 Å². The Balaban J connectivity index is 0.000000241. The number of aromatic nitrogens is 8. The van der Waals surface area contributed by atoms with Gasteiger partial charge in [-0.05, 0) is 51.8 Å². The Morgan fingerprint density at radius 1 is 0.754 bits per heavy atom. The van der Waals surface area contributed by atoms with Gasteiger partial charge in [-0.2, -0.15) is 9.97 Å². The van der Waals surface area contributed by atoms with Crippen molar-refractivity contribution < 1.29 is 50.7 Å². The van der Waals surface area contributed by atoms with Crippen LogP contribution in [-0.4, -0.2) is 89.3 Å². The Bertz CT molecular complexity index is 3390. The number of aromatic amines is 1. The number of carbonyl (C=O) groups excluding carboxylic acids is 2. The predicted molar refractivity (Wildman–Crippen MR) is 226 cm³/mol. The zero-order valence-electron chi connectivity index (χ0n) is 59.0. The van der Waals surface area contributed by atoms with Crippen LogP contribution in [0.15, 0.2) is 97.8 Å². The van der Waals surface area contributed by atoms with E-state index in [1.807, 2.05) is 36.5 Å². The van der Waals surface area contributed by atoms with Crippen LogP contribution in [0.4, 0.5) is 23.0 Å². The number of carbonyl (C=O) groups is 2. The monoisotopic (exact) mass is 819 g/mol. The molecule has 2 amide bonds. The fourth-order valence-electron chi connectivity index (χ4n) is 5.44. The third-order valence-electron chi connectivity index (χ3n) is 8.01. The maximum Gasteiger partial charge on any atom is 0.249 e. The molecule has 2 aliphatic heterocycles. The Labute approximate surface area is 380 Å². The first kappa shape index (κ1) is 17.1. The minimum Gasteiger partial charge on any atom is -0.345 e. The van der Waals surface area contributed by atoms with Crippen molar-refractivity contribution in [1.29, 1.82) is 0 Å². The molecule has 2 unspecified atom stereocenters. The van der Waals surface area contributed by atoms with E-state index in [2.05, 4.69) is 34.9 Å². The summed E-state index contributed by atoms with van der Waals surface area (Å²) in [7, 11) is 0. The van der Waals surface area contributed by atoms with E-state index in [-0.39, 0.29) is 31.4 Å². The van der Waals surface area contributed by atoms with Gasteiger partial charge in [0, 0.05) is 100 Å². The number of amides is 2. The van der Waals surface area contributed by atoms with Gasteiger partial charge in [-0.3, -0.25) is 14.2 Å². The van der Waals surface area contributed by atoms with Crippen LogP contribution in [0.2, 0.25) is 5.28 Å². The van der Waals surface area contributed by atoms with Crippen LogP contribution in [0.3, 0.4) is 0 Å². The zero-order chi connectivity index (χ0) is 66.2. The number of rotatable bonds is 7. The molecule has 0 bridgehead atoms. The van der Waals surface area contributed by atoms with Gasteiger partial charge < -0.3 is 24.6 Å². The standard InChI is InChI=1S/C21H24N6O.C12H17ClN4O.C9H8N2/c1-5-16-20(28)25(4)17-13-23-21(24-19(17)27(16)14(2)3)26-12-11-22-18(26)15-9-7-6-8-10-15;1-5-8-11(18)16(4)9-6-14-12(13)15-10(9)17(8)7(2)3;1-2-4-8(5-3-1)9-10-6-7-11-9/h6-14,16H,5H2,1-4H3;6-8H,5H2,1-4H3;1-7H,(H,10,11)/i1D3,2D3,3D3,4D3,5D2,14D;1D3,2D3,3D3,4D3,5D2,7D;. The lowest BCUT2D eigenvalue weighted by atomic mass is 10.1. The third-order valence-corrected chi connectivity index (χ3v) is 8.19. The molecular formula is C42H49ClN12O2. The number of nitrogens with zero attached hydrogens (tertiary/aromatic N) is 11. The van der Waals surface area contributed by atoms with Gasteiger partial charge in [0.25, 0.3) is 0 Å². The molecular weight excluding hydrogens is 740 g/mol. The lowest BCUT2D eigenvalue weighted by Gasteiger charge is -2.42. The summed E-state index contributed by atoms with van der Waals surface area (Å²) in [5.41, 5.74) is 0.0591. The number of H-pyrrole nitrogens is 1. The second-order valence-electron chi connectivity index (χ2n) is 11.4. The number of halogens is 1. The van der Waals surface area contributed by atoms with Crippen molar-refractivity contribution in [2.75, 3.05) is 33.6 Å². The highest BCUT2D eigenvalue weighted by Gasteiger charge is 2.39. The van der Waals surface area contributed by atoms with Crippen molar-refractivity contribution in [3.05, 3.63) is 103 Å². The number of likely N-dealkylation sites (N-methyl/N-ethyl adjacent to an activating group) is 2. The van der Waals surface area contributed by atoms with Gasteiger partial charge >= 0.3 is 0 Å². The van der Waals surface area contributed by atoms with Crippen LogP contribution in [0, 0.1) is 0 Å². The first-order valence-electron chi connectivity index (χ1n) is 31.1. The maximum atomic E-state index is 13.8. The van der Waals surface area contributed by atoms with Crippen LogP contribution in [0.25, 0.3) is 28.7 Å². The lowest BCUT2D eigenvalue weighted by molar-refractivity contribution is -0.120. The largest absolute Gasteiger partial charge is 0.345 e. The Morgan fingerprint density at radius 3 is 1.88 bits per heavy atom. The number of hydrogen-bond acceptors (Lipinski definition) is 10. The van der Waals surface area contributed by atoms with Crippen LogP contribution in [0.5, 0.6) is 0 Å². The summed E-state index contributed by atoms with van der Waals surface area (Å²) in [4.78, 5) is 53.7. The quantitative estimate of drug-likeness (QED) is 0.161. The van der Waals surface area contributed by atoms with Crippen LogP contribution in [-0.2, 0) is 9.59 Å². The summed E-state index contributed by atoms with van der Waals surface area (Å²) < 4.78 is 239. The smallest absolute Gasteiger partial charge is 0.249 e. The third kappa shape index (κ3) is 8.36. The van der Waals surface area contributed by atoms with Gasteiger partial charge in [-0.25, -0.2) is 19.9 Å². The molecule has 57 heavy (non-hydrogen) atoms. The van der Waals surface area contributed by atoms with Crippen molar-refractivity contribution in [3.8, 4) is 28.7 Å². The first-order valence-corrected chi connectivity index (χ1v) is 16.5. The van der Waals surface area contributed by atoms with Crippen molar-refractivity contribution in [2.45, 2.75) is 78.0 Å². The van der Waals surface area contributed by atoms with Crippen LogP contribution in [0.1, 0.15) is 95.0 Å². The molecule has 8 rings (SSSR count). The molecule has 0 aliphatic carbocycles. The molecule has 2 aliphatic rings.